The molecule has 0 radical (unpaired) electrons. The topological polar surface area (TPSA) is 73.0 Å². The quantitative estimate of drug-likeness (QED) is 0.531. The van der Waals surface area contributed by atoms with E-state index < -0.39 is 0 Å². The van der Waals surface area contributed by atoms with E-state index in [0.717, 1.165) is 71.6 Å². The Morgan fingerprint density at radius 2 is 1.97 bits per heavy atom. The second-order valence-corrected chi connectivity index (χ2v) is 8.68. The molecule has 0 amide bonds. The van der Waals surface area contributed by atoms with Crippen LogP contribution >= 0.6 is 11.6 Å². The Balaban J connectivity index is 1.71. The molecule has 3 heterocycles. The van der Waals surface area contributed by atoms with Gasteiger partial charge in [-0.2, -0.15) is 0 Å². The lowest BCUT2D eigenvalue weighted by atomic mass is 10.0. The van der Waals surface area contributed by atoms with Gasteiger partial charge in [0.1, 0.15) is 5.82 Å². The molecule has 6 nitrogen and oxygen atoms in total. The number of aromatic amines is 1. The highest BCUT2D eigenvalue weighted by atomic mass is 35.5. The van der Waals surface area contributed by atoms with Crippen LogP contribution in [0.2, 0.25) is 5.02 Å². The number of halogens is 1. The summed E-state index contributed by atoms with van der Waals surface area (Å²) in [4.78, 5) is 22.3. The maximum Gasteiger partial charge on any atom is 0.253 e. The molecule has 1 aromatic carbocycles. The van der Waals surface area contributed by atoms with E-state index in [1.165, 1.54) is 0 Å². The lowest BCUT2D eigenvalue weighted by Gasteiger charge is -2.36. The van der Waals surface area contributed by atoms with Crippen molar-refractivity contribution in [2.24, 2.45) is 0 Å². The predicted molar refractivity (Wildman–Crippen MR) is 130 cm³/mol. The van der Waals surface area contributed by atoms with E-state index in [1.54, 1.807) is 0 Å². The van der Waals surface area contributed by atoms with Gasteiger partial charge in [0.25, 0.3) is 5.56 Å². The van der Waals surface area contributed by atoms with Gasteiger partial charge in [0.05, 0.1) is 0 Å². The van der Waals surface area contributed by atoms with Crippen molar-refractivity contribution >= 4 is 33.9 Å². The second kappa shape index (κ2) is 9.28. The highest BCUT2D eigenvalue weighted by molar-refractivity contribution is 6.32. The fraction of sp³-hybridized carbons (Fsp3) is 0.417. The Kier molecular flexibility index (Phi) is 6.49. The molecule has 0 aliphatic carbocycles. The normalized spacial score (nSPS) is 14.7. The molecule has 0 atom stereocenters. The number of pyridine rings is 2. The number of fused-ring (bicyclic) bond motifs is 1. The Bertz CT molecular complexity index is 1140. The van der Waals surface area contributed by atoms with Crippen molar-refractivity contribution in [3.05, 3.63) is 62.7 Å². The van der Waals surface area contributed by atoms with Crippen molar-refractivity contribution in [3.63, 3.8) is 0 Å². The van der Waals surface area contributed by atoms with Crippen LogP contribution in [0.15, 0.2) is 35.3 Å². The zero-order chi connectivity index (χ0) is 22.0. The summed E-state index contributed by atoms with van der Waals surface area (Å²) in [6.07, 6.45) is 4.06. The number of anilines is 2. The molecule has 3 aromatic rings. The fourth-order valence-corrected chi connectivity index (χ4v) is 4.84. The third-order valence-corrected chi connectivity index (χ3v) is 6.37. The number of nitrogens with one attached hydrogen (secondary N) is 3. The molecule has 1 aliphatic rings. The number of hydrogen-bond donors (Lipinski definition) is 3. The highest BCUT2D eigenvalue weighted by Crippen LogP contribution is 2.36. The average molecular weight is 440 g/mol. The van der Waals surface area contributed by atoms with E-state index in [9.17, 15) is 4.79 Å². The van der Waals surface area contributed by atoms with Crippen molar-refractivity contribution in [3.8, 4) is 0 Å². The SMILES string of the molecule is CCN(c1cc(Cl)cc2c(NCc3c(C)cc(C)[nH]c3=O)nccc12)C1CCNCC1. The molecule has 1 fully saturated rings. The van der Waals surface area contributed by atoms with Crippen LogP contribution in [-0.2, 0) is 6.54 Å². The molecule has 1 saturated heterocycles. The van der Waals surface area contributed by atoms with Crippen molar-refractivity contribution in [1.82, 2.24) is 15.3 Å². The fourth-order valence-electron chi connectivity index (χ4n) is 4.63. The van der Waals surface area contributed by atoms with Crippen molar-refractivity contribution in [2.45, 2.75) is 46.2 Å². The number of nitrogens with zero attached hydrogens (tertiary/aromatic N) is 2. The molecule has 0 saturated carbocycles. The third kappa shape index (κ3) is 4.55. The van der Waals surface area contributed by atoms with Crippen molar-refractivity contribution in [1.29, 1.82) is 0 Å². The zero-order valence-electron chi connectivity index (χ0n) is 18.4. The van der Waals surface area contributed by atoms with Gasteiger partial charge in [0, 0.05) is 58.1 Å². The number of aromatic nitrogens is 2. The Hall–Kier alpha value is -2.57. The highest BCUT2D eigenvalue weighted by Gasteiger charge is 2.22. The summed E-state index contributed by atoms with van der Waals surface area (Å²) in [5.41, 5.74) is 3.63. The maximum atomic E-state index is 12.4. The lowest BCUT2D eigenvalue weighted by Crippen LogP contribution is -2.43. The van der Waals surface area contributed by atoms with Crippen LogP contribution in [0.1, 0.15) is 36.6 Å². The summed E-state index contributed by atoms with van der Waals surface area (Å²) >= 11 is 6.57. The van der Waals surface area contributed by atoms with Gasteiger partial charge in [0.15, 0.2) is 0 Å². The van der Waals surface area contributed by atoms with Crippen LogP contribution in [0.25, 0.3) is 10.8 Å². The first kappa shape index (κ1) is 21.7. The first-order valence-electron chi connectivity index (χ1n) is 11.0. The summed E-state index contributed by atoms with van der Waals surface area (Å²) in [6, 6.07) is 8.56. The van der Waals surface area contributed by atoms with Crippen LogP contribution in [0, 0.1) is 13.8 Å². The molecule has 31 heavy (non-hydrogen) atoms. The van der Waals surface area contributed by atoms with Gasteiger partial charge < -0.3 is 20.5 Å². The van der Waals surface area contributed by atoms with Gasteiger partial charge in [-0.15, -0.1) is 0 Å². The molecule has 0 bridgehead atoms. The Morgan fingerprint density at radius 1 is 1.19 bits per heavy atom. The van der Waals surface area contributed by atoms with Crippen LogP contribution in [0.4, 0.5) is 11.5 Å². The number of hydrogen-bond acceptors (Lipinski definition) is 5. The van der Waals surface area contributed by atoms with Crippen LogP contribution in [-0.4, -0.2) is 35.6 Å². The number of aryl methyl sites for hydroxylation is 2. The predicted octanol–water partition coefficient (Wildman–Crippen LogP) is 4.38. The summed E-state index contributed by atoms with van der Waals surface area (Å²) in [6.45, 7) is 9.45. The molecule has 164 valence electrons. The number of H-pyrrole nitrogens is 1. The summed E-state index contributed by atoms with van der Waals surface area (Å²) in [5, 5.41) is 9.61. The molecule has 0 unspecified atom stereocenters. The molecule has 3 N–H and O–H groups in total. The number of piperidine rings is 1. The first-order chi connectivity index (χ1) is 15.0. The minimum Gasteiger partial charge on any atom is -0.368 e. The monoisotopic (exact) mass is 439 g/mol. The van der Waals surface area contributed by atoms with Gasteiger partial charge in [-0.05, 0) is 76.5 Å². The van der Waals surface area contributed by atoms with E-state index in [1.807, 2.05) is 32.2 Å². The summed E-state index contributed by atoms with van der Waals surface area (Å²) in [7, 11) is 0. The van der Waals surface area contributed by atoms with Gasteiger partial charge in [-0.3, -0.25) is 4.79 Å². The first-order valence-corrected chi connectivity index (χ1v) is 11.3. The Labute approximate surface area is 188 Å². The van der Waals surface area contributed by atoms with E-state index in [-0.39, 0.29) is 5.56 Å². The molecular weight excluding hydrogens is 410 g/mol. The minimum absolute atomic E-state index is 0.0629. The molecule has 7 heteroatoms. The number of rotatable bonds is 6. The molecule has 1 aliphatic heterocycles. The smallest absolute Gasteiger partial charge is 0.253 e. The van der Waals surface area contributed by atoms with Gasteiger partial charge >= 0.3 is 0 Å². The van der Waals surface area contributed by atoms with E-state index >= 15 is 0 Å². The minimum atomic E-state index is -0.0629. The van der Waals surface area contributed by atoms with Crippen LogP contribution < -0.4 is 21.1 Å². The largest absolute Gasteiger partial charge is 0.368 e. The van der Waals surface area contributed by atoms with Crippen molar-refractivity contribution in [2.75, 3.05) is 29.9 Å². The van der Waals surface area contributed by atoms with Crippen LogP contribution in [0.3, 0.4) is 0 Å². The van der Waals surface area contributed by atoms with Crippen LogP contribution in [0.5, 0.6) is 0 Å². The lowest BCUT2D eigenvalue weighted by molar-refractivity contribution is 0.434. The molecular formula is C24H30ClN5O. The zero-order valence-corrected chi connectivity index (χ0v) is 19.1. The molecule has 2 aromatic heterocycles. The van der Waals surface area contributed by atoms with Gasteiger partial charge in [-0.1, -0.05) is 11.6 Å². The van der Waals surface area contributed by atoms with Gasteiger partial charge in [0.2, 0.25) is 0 Å². The van der Waals surface area contributed by atoms with Crippen molar-refractivity contribution < 1.29 is 0 Å². The second-order valence-electron chi connectivity index (χ2n) is 8.24. The standard InChI is InChI=1S/C24H30ClN5O/c1-4-30(18-5-8-26-9-6-18)22-13-17(25)12-20-19(22)7-10-27-23(20)28-14-21-15(2)11-16(3)29-24(21)31/h7,10-13,18,26H,4-6,8-9,14H2,1-3H3,(H,27,28)(H,29,31). The number of benzene rings is 1. The van der Waals surface area contributed by atoms with Gasteiger partial charge in [-0.25, -0.2) is 4.98 Å². The maximum absolute atomic E-state index is 12.4. The van der Waals surface area contributed by atoms with E-state index in [0.29, 0.717) is 17.6 Å². The van der Waals surface area contributed by atoms with E-state index in [4.69, 9.17) is 11.6 Å². The van der Waals surface area contributed by atoms with E-state index in [2.05, 4.69) is 44.6 Å². The summed E-state index contributed by atoms with van der Waals surface area (Å²) in [5.74, 6) is 0.738. The third-order valence-electron chi connectivity index (χ3n) is 6.15. The molecule has 4 rings (SSSR count). The molecule has 0 spiro atoms. The Morgan fingerprint density at radius 3 is 2.68 bits per heavy atom. The summed E-state index contributed by atoms with van der Waals surface area (Å²) < 4.78 is 0. The average Bonchev–Trinajstić information content (AvgIpc) is 2.74.